The highest BCUT2D eigenvalue weighted by Crippen LogP contribution is 2.17. The van der Waals surface area contributed by atoms with Crippen LogP contribution < -0.4 is 5.73 Å². The van der Waals surface area contributed by atoms with Gasteiger partial charge in [-0.05, 0) is 39.0 Å². The number of nitrogens with one attached hydrogen (secondary N) is 1. The maximum Gasteiger partial charge on any atom is 0.122 e. The van der Waals surface area contributed by atoms with Crippen molar-refractivity contribution in [3.63, 3.8) is 0 Å². The summed E-state index contributed by atoms with van der Waals surface area (Å²) in [6.07, 6.45) is 21.0. The first-order valence-electron chi connectivity index (χ1n) is 11.1. The van der Waals surface area contributed by atoms with Gasteiger partial charge in [0.2, 0.25) is 0 Å². The highest BCUT2D eigenvalue weighted by molar-refractivity contribution is 5.94. The Balaban J connectivity index is 3.61. The minimum absolute atomic E-state index is 0.138. The van der Waals surface area contributed by atoms with Gasteiger partial charge in [0.1, 0.15) is 5.84 Å². The summed E-state index contributed by atoms with van der Waals surface area (Å²) in [4.78, 5) is 0. The predicted octanol–water partition coefficient (Wildman–Crippen LogP) is 6.54. The van der Waals surface area contributed by atoms with Gasteiger partial charge in [-0.25, -0.2) is 0 Å². The standard InChI is InChI=1S/C23H44N2O2/c1-3-4-5-6-7-8-9-10-11-12-13-14-15-16-17-18-22(27)21(23(24)25)19-20(2)26/h10-11,20,26-27H,3-9,12-19H2,1-2H3,(H3,24,25). The predicted molar refractivity (Wildman–Crippen MR) is 117 cm³/mol. The van der Waals surface area contributed by atoms with Crippen LogP contribution in [-0.4, -0.2) is 22.2 Å². The van der Waals surface area contributed by atoms with Crippen molar-refractivity contribution in [2.24, 2.45) is 5.73 Å². The fraction of sp³-hybridized carbons (Fsp3) is 0.783. The molecule has 0 aromatic heterocycles. The van der Waals surface area contributed by atoms with Crippen LogP contribution in [0.3, 0.4) is 0 Å². The molecule has 0 heterocycles. The summed E-state index contributed by atoms with van der Waals surface area (Å²) in [6, 6.07) is 0. The summed E-state index contributed by atoms with van der Waals surface area (Å²) in [5, 5.41) is 27.0. The van der Waals surface area contributed by atoms with E-state index < -0.39 is 6.10 Å². The van der Waals surface area contributed by atoms with E-state index in [4.69, 9.17) is 11.1 Å². The van der Waals surface area contributed by atoms with Crippen molar-refractivity contribution in [1.29, 1.82) is 5.41 Å². The van der Waals surface area contributed by atoms with E-state index in [9.17, 15) is 10.2 Å². The Kier molecular flexibility index (Phi) is 17.2. The molecule has 4 nitrogen and oxygen atoms in total. The Morgan fingerprint density at radius 3 is 1.85 bits per heavy atom. The van der Waals surface area contributed by atoms with E-state index in [0.29, 0.717) is 12.0 Å². The highest BCUT2D eigenvalue weighted by Gasteiger charge is 2.11. The van der Waals surface area contributed by atoms with Crippen molar-refractivity contribution < 1.29 is 10.2 Å². The quantitative estimate of drug-likeness (QED) is 0.0715. The molecular formula is C23H44N2O2. The molecule has 0 amide bonds. The number of hydrogen-bond donors (Lipinski definition) is 4. The van der Waals surface area contributed by atoms with Crippen LogP contribution in [-0.2, 0) is 0 Å². The topological polar surface area (TPSA) is 90.3 Å². The summed E-state index contributed by atoms with van der Waals surface area (Å²) >= 11 is 0. The van der Waals surface area contributed by atoms with Crippen LogP contribution in [0.2, 0.25) is 0 Å². The molecule has 0 rings (SSSR count). The molecule has 0 bridgehead atoms. The highest BCUT2D eigenvalue weighted by atomic mass is 16.3. The lowest BCUT2D eigenvalue weighted by Gasteiger charge is -2.11. The second kappa shape index (κ2) is 18.1. The third kappa shape index (κ3) is 16.6. The second-order valence-electron chi connectivity index (χ2n) is 7.73. The number of amidine groups is 1. The molecule has 27 heavy (non-hydrogen) atoms. The Labute approximate surface area is 167 Å². The van der Waals surface area contributed by atoms with Gasteiger partial charge < -0.3 is 15.9 Å². The third-order valence-corrected chi connectivity index (χ3v) is 4.85. The fourth-order valence-electron chi connectivity index (χ4n) is 3.19. The fourth-order valence-corrected chi connectivity index (χ4v) is 3.19. The number of aliphatic hydroxyl groups excluding tert-OH is 2. The van der Waals surface area contributed by atoms with Crippen LogP contribution in [0.5, 0.6) is 0 Å². The van der Waals surface area contributed by atoms with Crippen LogP contribution in [0.1, 0.15) is 110 Å². The smallest absolute Gasteiger partial charge is 0.122 e. The largest absolute Gasteiger partial charge is 0.512 e. The number of rotatable bonds is 18. The van der Waals surface area contributed by atoms with E-state index in [-0.39, 0.29) is 18.0 Å². The molecular weight excluding hydrogens is 336 g/mol. The molecule has 0 aliphatic rings. The van der Waals surface area contributed by atoms with E-state index >= 15 is 0 Å². The third-order valence-electron chi connectivity index (χ3n) is 4.85. The van der Waals surface area contributed by atoms with Gasteiger partial charge in [0.15, 0.2) is 0 Å². The summed E-state index contributed by atoms with van der Waals surface area (Å²) in [5.74, 6) is 0.0298. The molecule has 0 spiro atoms. The molecule has 0 fully saturated rings. The lowest BCUT2D eigenvalue weighted by Crippen LogP contribution is -2.19. The van der Waals surface area contributed by atoms with Crippen LogP contribution >= 0.6 is 0 Å². The van der Waals surface area contributed by atoms with Gasteiger partial charge in [-0.3, -0.25) is 5.41 Å². The first-order chi connectivity index (χ1) is 13.0. The maximum absolute atomic E-state index is 10.1. The molecule has 0 aromatic carbocycles. The minimum atomic E-state index is -0.597. The average molecular weight is 381 g/mol. The summed E-state index contributed by atoms with van der Waals surface area (Å²) in [6.45, 7) is 3.89. The number of nitrogens with two attached hydrogens (primary N) is 1. The Morgan fingerprint density at radius 1 is 0.889 bits per heavy atom. The van der Waals surface area contributed by atoms with Crippen molar-refractivity contribution in [2.75, 3.05) is 0 Å². The van der Waals surface area contributed by atoms with E-state index in [1.54, 1.807) is 6.92 Å². The van der Waals surface area contributed by atoms with Crippen molar-refractivity contribution in [3.8, 4) is 0 Å². The molecule has 0 aliphatic heterocycles. The normalized spacial score (nSPS) is 13.7. The van der Waals surface area contributed by atoms with Crippen LogP contribution in [0.4, 0.5) is 0 Å². The van der Waals surface area contributed by atoms with Gasteiger partial charge in [-0.2, -0.15) is 0 Å². The monoisotopic (exact) mass is 380 g/mol. The number of allylic oxidation sites excluding steroid dienone is 3. The Bertz CT molecular complexity index is 428. The summed E-state index contributed by atoms with van der Waals surface area (Å²) < 4.78 is 0. The van der Waals surface area contributed by atoms with Crippen LogP contribution in [0.15, 0.2) is 23.5 Å². The molecule has 0 saturated carbocycles. The number of aliphatic hydroxyl groups is 2. The van der Waals surface area contributed by atoms with Crippen molar-refractivity contribution in [2.45, 2.75) is 116 Å². The van der Waals surface area contributed by atoms with Crippen molar-refractivity contribution >= 4 is 5.84 Å². The van der Waals surface area contributed by atoms with Crippen molar-refractivity contribution in [1.82, 2.24) is 0 Å². The maximum atomic E-state index is 10.1. The average Bonchev–Trinajstić information content (AvgIpc) is 2.62. The summed E-state index contributed by atoms with van der Waals surface area (Å²) in [5.41, 5.74) is 5.88. The van der Waals surface area contributed by atoms with Crippen LogP contribution in [0, 0.1) is 5.41 Å². The van der Waals surface area contributed by atoms with Gasteiger partial charge in [0.25, 0.3) is 0 Å². The first-order valence-corrected chi connectivity index (χ1v) is 11.1. The van der Waals surface area contributed by atoms with E-state index in [0.717, 1.165) is 12.8 Å². The molecule has 4 heteroatoms. The Morgan fingerprint density at radius 2 is 1.37 bits per heavy atom. The van der Waals surface area contributed by atoms with E-state index in [2.05, 4.69) is 19.1 Å². The molecule has 0 aromatic rings. The lowest BCUT2D eigenvalue weighted by atomic mass is 10.0. The molecule has 5 N–H and O–H groups in total. The van der Waals surface area contributed by atoms with E-state index in [1.165, 1.54) is 70.6 Å². The van der Waals surface area contributed by atoms with Gasteiger partial charge in [0, 0.05) is 18.4 Å². The van der Waals surface area contributed by atoms with Gasteiger partial charge in [-0.1, -0.05) is 70.4 Å². The first kappa shape index (κ1) is 25.7. The Hall–Kier alpha value is -1.29. The molecule has 0 saturated heterocycles. The zero-order valence-corrected chi connectivity index (χ0v) is 17.8. The second-order valence-corrected chi connectivity index (χ2v) is 7.73. The zero-order chi connectivity index (χ0) is 20.3. The zero-order valence-electron chi connectivity index (χ0n) is 17.8. The number of hydrogen-bond acceptors (Lipinski definition) is 3. The van der Waals surface area contributed by atoms with Crippen molar-refractivity contribution in [3.05, 3.63) is 23.5 Å². The minimum Gasteiger partial charge on any atom is -0.512 e. The SMILES string of the molecule is CCCCCCCCC=CCCCCCCCC(O)=C(CC(C)O)C(=N)N. The van der Waals surface area contributed by atoms with Gasteiger partial charge in [-0.15, -0.1) is 0 Å². The van der Waals surface area contributed by atoms with Gasteiger partial charge in [0.05, 0.1) is 11.9 Å². The van der Waals surface area contributed by atoms with Crippen LogP contribution in [0.25, 0.3) is 0 Å². The number of unbranched alkanes of at least 4 members (excludes halogenated alkanes) is 11. The molecule has 0 aliphatic carbocycles. The molecule has 0 radical (unpaired) electrons. The molecule has 1 atom stereocenters. The summed E-state index contributed by atoms with van der Waals surface area (Å²) in [7, 11) is 0. The van der Waals surface area contributed by atoms with Gasteiger partial charge >= 0.3 is 0 Å². The molecule has 158 valence electrons. The van der Waals surface area contributed by atoms with E-state index in [1.807, 2.05) is 0 Å². The lowest BCUT2D eigenvalue weighted by molar-refractivity contribution is 0.194. The molecule has 1 unspecified atom stereocenters.